The van der Waals surface area contributed by atoms with Gasteiger partial charge in [0.05, 0.1) is 0 Å². The highest BCUT2D eigenvalue weighted by molar-refractivity contribution is 6.62. The third-order valence-corrected chi connectivity index (χ3v) is 1.18. The Bertz CT molecular complexity index is 212. The molecule has 0 heterocycles. The molecule has 0 aliphatic carbocycles. The van der Waals surface area contributed by atoms with Crippen LogP contribution in [0.15, 0.2) is 0 Å². The Morgan fingerprint density at radius 3 is 2.15 bits per heavy atom. The van der Waals surface area contributed by atoms with E-state index in [2.05, 4.69) is 5.43 Å². The molecule has 0 saturated carbocycles. The Morgan fingerprint density at radius 1 is 1.38 bits per heavy atom. The number of carbonyl (C=O) groups is 2. The number of hydrazine groups is 1. The first-order valence-corrected chi connectivity index (χ1v) is 4.03. The van der Waals surface area contributed by atoms with E-state index >= 15 is 0 Å². The molecule has 0 aromatic carbocycles. The average molecular weight is 209 g/mol. The van der Waals surface area contributed by atoms with E-state index in [4.69, 9.17) is 16.3 Å². The molecule has 5 nitrogen and oxygen atoms in total. The van der Waals surface area contributed by atoms with Crippen LogP contribution < -0.4 is 5.43 Å². The van der Waals surface area contributed by atoms with Gasteiger partial charge in [0, 0.05) is 7.05 Å². The lowest BCUT2D eigenvalue weighted by atomic mass is 10.2. The van der Waals surface area contributed by atoms with Crippen molar-refractivity contribution in [3.63, 3.8) is 0 Å². The Balaban J connectivity index is 3.96. The van der Waals surface area contributed by atoms with E-state index in [1.807, 2.05) is 0 Å². The smallest absolute Gasteiger partial charge is 0.426 e. The molecule has 0 rings (SSSR count). The van der Waals surface area contributed by atoms with Gasteiger partial charge in [-0.3, -0.25) is 4.79 Å². The summed E-state index contributed by atoms with van der Waals surface area (Å²) in [4.78, 5) is 21.5. The maximum absolute atomic E-state index is 11.0. The van der Waals surface area contributed by atoms with Crippen LogP contribution in [0, 0.1) is 0 Å². The number of rotatable bonds is 0. The van der Waals surface area contributed by atoms with Gasteiger partial charge >= 0.3 is 11.5 Å². The normalized spacial score (nSPS) is 10.5. The van der Waals surface area contributed by atoms with Crippen molar-refractivity contribution in [3.8, 4) is 0 Å². The Morgan fingerprint density at radius 2 is 1.85 bits per heavy atom. The Kier molecular flexibility index (Phi) is 4.00. The van der Waals surface area contributed by atoms with E-state index in [-0.39, 0.29) is 0 Å². The fraction of sp³-hybridized carbons (Fsp3) is 0.714. The van der Waals surface area contributed by atoms with Crippen LogP contribution in [0.3, 0.4) is 0 Å². The van der Waals surface area contributed by atoms with Crippen molar-refractivity contribution in [1.29, 1.82) is 0 Å². The molecule has 0 fully saturated rings. The number of ether oxygens (including phenoxy) is 1. The monoisotopic (exact) mass is 208 g/mol. The van der Waals surface area contributed by atoms with Crippen LogP contribution in [0.1, 0.15) is 20.8 Å². The molecule has 0 spiro atoms. The maximum atomic E-state index is 11.0. The first-order valence-electron chi connectivity index (χ1n) is 3.65. The molecule has 1 N–H and O–H groups in total. The van der Waals surface area contributed by atoms with E-state index in [1.165, 1.54) is 7.05 Å². The maximum Gasteiger partial charge on any atom is 0.426 e. The second-order valence-corrected chi connectivity index (χ2v) is 3.75. The molecule has 0 saturated heterocycles. The molecule has 0 aromatic rings. The van der Waals surface area contributed by atoms with Crippen LogP contribution in [0.4, 0.5) is 9.59 Å². The molecule has 0 aliphatic heterocycles. The number of nitrogens with one attached hydrogen (secondary N) is 1. The van der Waals surface area contributed by atoms with Crippen LogP contribution in [-0.4, -0.2) is 29.1 Å². The molecule has 6 heteroatoms. The summed E-state index contributed by atoms with van der Waals surface area (Å²) < 4.78 is 4.86. The zero-order valence-electron chi connectivity index (χ0n) is 8.05. The molecular formula is C7H13ClN2O3. The third-order valence-electron chi connectivity index (χ3n) is 0.922. The number of halogens is 1. The van der Waals surface area contributed by atoms with Crippen LogP contribution in [0.2, 0.25) is 0 Å². The number of hydrogen-bond donors (Lipinski definition) is 1. The standard InChI is InChI=1S/C7H13ClN2O3/c1-7(2,3)13-6(12)9-10(4)5(8)11/h1-4H3,(H,9,12). The summed E-state index contributed by atoms with van der Waals surface area (Å²) in [6.45, 7) is 5.15. The molecule has 0 bridgehead atoms. The minimum absolute atomic E-state index is 0.597. The first-order chi connectivity index (χ1) is 5.72. The highest BCUT2D eigenvalue weighted by atomic mass is 35.5. The zero-order chi connectivity index (χ0) is 10.6. The van der Waals surface area contributed by atoms with Crippen molar-refractivity contribution in [2.75, 3.05) is 7.05 Å². The zero-order valence-corrected chi connectivity index (χ0v) is 8.81. The van der Waals surface area contributed by atoms with Gasteiger partial charge in [-0.05, 0) is 32.4 Å². The van der Waals surface area contributed by atoms with Gasteiger partial charge < -0.3 is 4.74 Å². The van der Waals surface area contributed by atoms with Crippen molar-refractivity contribution in [1.82, 2.24) is 10.4 Å². The molecule has 2 amide bonds. The molecule has 0 atom stereocenters. The average Bonchev–Trinajstić information content (AvgIpc) is 1.81. The van der Waals surface area contributed by atoms with E-state index < -0.39 is 17.1 Å². The van der Waals surface area contributed by atoms with Gasteiger partial charge in [0.1, 0.15) is 5.60 Å². The van der Waals surface area contributed by atoms with Gasteiger partial charge in [0.25, 0.3) is 0 Å². The van der Waals surface area contributed by atoms with E-state index in [9.17, 15) is 9.59 Å². The van der Waals surface area contributed by atoms with Gasteiger partial charge in [0.15, 0.2) is 0 Å². The molecule has 13 heavy (non-hydrogen) atoms. The van der Waals surface area contributed by atoms with Crippen LogP contribution in [0.25, 0.3) is 0 Å². The van der Waals surface area contributed by atoms with Crippen molar-refractivity contribution in [2.24, 2.45) is 0 Å². The molecule has 0 aliphatic rings. The summed E-state index contributed by atoms with van der Waals surface area (Å²) >= 11 is 5.06. The number of nitrogens with zero attached hydrogens (tertiary/aromatic N) is 1. The molecule has 0 unspecified atom stereocenters. The molecule has 0 radical (unpaired) electrons. The highest BCUT2D eigenvalue weighted by Gasteiger charge is 2.18. The molecular weight excluding hydrogens is 196 g/mol. The van der Waals surface area contributed by atoms with Gasteiger partial charge in [-0.25, -0.2) is 15.2 Å². The van der Waals surface area contributed by atoms with E-state index in [0.29, 0.717) is 0 Å². The minimum Gasteiger partial charge on any atom is -0.443 e. The summed E-state index contributed by atoms with van der Waals surface area (Å²) in [5.74, 6) is 0. The second kappa shape index (κ2) is 4.32. The second-order valence-electron chi connectivity index (χ2n) is 3.43. The molecule has 0 aromatic heterocycles. The summed E-state index contributed by atoms with van der Waals surface area (Å²) in [7, 11) is 1.32. The van der Waals surface area contributed by atoms with Crippen LogP contribution in [-0.2, 0) is 4.74 Å². The first kappa shape index (κ1) is 12.0. The lowest BCUT2D eigenvalue weighted by Crippen LogP contribution is -2.43. The topological polar surface area (TPSA) is 58.6 Å². The summed E-state index contributed by atoms with van der Waals surface area (Å²) in [5.41, 5.74) is 1.53. The SMILES string of the molecule is CN(NC(=O)OC(C)(C)C)C(=O)Cl. The third kappa shape index (κ3) is 6.21. The number of amides is 2. The largest absolute Gasteiger partial charge is 0.443 e. The van der Waals surface area contributed by atoms with E-state index in [1.54, 1.807) is 20.8 Å². The summed E-state index contributed by atoms with van der Waals surface area (Å²) in [6, 6.07) is 0. The molecule has 76 valence electrons. The minimum atomic E-state index is -0.786. The van der Waals surface area contributed by atoms with Crippen LogP contribution >= 0.6 is 11.6 Å². The highest BCUT2D eigenvalue weighted by Crippen LogP contribution is 2.06. The predicted molar refractivity (Wildman–Crippen MR) is 48.4 cm³/mol. The quantitative estimate of drug-likeness (QED) is 0.375. The van der Waals surface area contributed by atoms with Crippen LogP contribution in [0.5, 0.6) is 0 Å². The van der Waals surface area contributed by atoms with Crippen molar-refractivity contribution < 1.29 is 14.3 Å². The van der Waals surface area contributed by atoms with Gasteiger partial charge in [0.2, 0.25) is 0 Å². The van der Waals surface area contributed by atoms with Gasteiger partial charge in [-0.2, -0.15) is 0 Å². The van der Waals surface area contributed by atoms with Crippen molar-refractivity contribution >= 4 is 23.1 Å². The fourth-order valence-electron chi connectivity index (χ4n) is 0.482. The van der Waals surface area contributed by atoms with Crippen molar-refractivity contribution in [3.05, 3.63) is 0 Å². The number of hydrogen-bond acceptors (Lipinski definition) is 3. The predicted octanol–water partition coefficient (Wildman–Crippen LogP) is 1.72. The van der Waals surface area contributed by atoms with Gasteiger partial charge in [-0.15, -0.1) is 0 Å². The fourth-order valence-corrected chi connectivity index (χ4v) is 0.524. The number of carbonyl (C=O) groups excluding carboxylic acids is 2. The van der Waals surface area contributed by atoms with E-state index in [0.717, 1.165) is 5.01 Å². The summed E-state index contributed by atoms with van der Waals surface area (Å²) in [5, 5.41) is 0.0428. The Labute approximate surface area is 81.9 Å². The van der Waals surface area contributed by atoms with Gasteiger partial charge in [-0.1, -0.05) is 0 Å². The van der Waals surface area contributed by atoms with Crippen molar-refractivity contribution in [2.45, 2.75) is 26.4 Å². The lowest BCUT2D eigenvalue weighted by Gasteiger charge is -2.22. The lowest BCUT2D eigenvalue weighted by molar-refractivity contribution is 0.0418. The Hall–Kier alpha value is -0.970. The summed E-state index contributed by atoms with van der Waals surface area (Å²) in [6.07, 6.45) is -0.719.